The van der Waals surface area contributed by atoms with Gasteiger partial charge in [0.2, 0.25) is 5.91 Å². The average Bonchev–Trinajstić information content (AvgIpc) is 2.77. The third-order valence-electron chi connectivity index (χ3n) is 5.32. The normalized spacial score (nSPS) is 43.1. The number of hydrogen-bond acceptors (Lipinski definition) is 3. The monoisotopic (exact) mass is 267 g/mol. The second kappa shape index (κ2) is 3.95. The SMILES string of the molecule is CC1(C)C(C(=O)O)C1C(=O)N1C2CCC1CC(O)C2. The van der Waals surface area contributed by atoms with Crippen molar-refractivity contribution in [1.29, 1.82) is 0 Å². The average molecular weight is 267 g/mol. The highest BCUT2D eigenvalue weighted by molar-refractivity contribution is 5.92. The summed E-state index contributed by atoms with van der Waals surface area (Å²) < 4.78 is 0. The molecule has 1 amide bonds. The molecule has 1 aliphatic carbocycles. The molecule has 2 aliphatic heterocycles. The van der Waals surface area contributed by atoms with E-state index in [2.05, 4.69) is 0 Å². The maximum absolute atomic E-state index is 12.6. The molecule has 1 saturated carbocycles. The van der Waals surface area contributed by atoms with Crippen molar-refractivity contribution in [3.63, 3.8) is 0 Å². The first-order chi connectivity index (χ1) is 8.84. The lowest BCUT2D eigenvalue weighted by molar-refractivity contribution is -0.144. The Labute approximate surface area is 112 Å². The van der Waals surface area contributed by atoms with E-state index in [-0.39, 0.29) is 30.0 Å². The standard InChI is InChI=1S/C14H21NO4/c1-14(2)10(11(14)13(18)19)12(17)15-7-3-4-8(15)6-9(16)5-7/h7-11,16H,3-6H2,1-2H3,(H,18,19). The number of carboxylic acid groups (broad SMARTS) is 1. The Balaban J connectivity index is 1.78. The summed E-state index contributed by atoms with van der Waals surface area (Å²) in [7, 11) is 0. The topological polar surface area (TPSA) is 77.8 Å². The minimum absolute atomic E-state index is 0.00296. The zero-order chi connectivity index (χ0) is 13.9. The van der Waals surface area contributed by atoms with Crippen LogP contribution < -0.4 is 0 Å². The molecule has 2 bridgehead atoms. The van der Waals surface area contributed by atoms with E-state index in [9.17, 15) is 19.8 Å². The Kier molecular flexibility index (Phi) is 2.68. The number of aliphatic hydroxyl groups excluding tert-OH is 1. The van der Waals surface area contributed by atoms with Crippen molar-refractivity contribution in [2.75, 3.05) is 0 Å². The predicted octanol–water partition coefficient (Wildman–Crippen LogP) is 0.857. The van der Waals surface area contributed by atoms with E-state index >= 15 is 0 Å². The van der Waals surface area contributed by atoms with Gasteiger partial charge in [0.15, 0.2) is 0 Å². The van der Waals surface area contributed by atoms with Crippen LogP contribution >= 0.6 is 0 Å². The van der Waals surface area contributed by atoms with Crippen molar-refractivity contribution in [2.24, 2.45) is 17.3 Å². The molecule has 19 heavy (non-hydrogen) atoms. The number of carboxylic acids is 1. The van der Waals surface area contributed by atoms with E-state index in [1.807, 2.05) is 18.7 Å². The molecule has 0 aromatic carbocycles. The molecule has 3 fully saturated rings. The number of amides is 1. The van der Waals surface area contributed by atoms with Gasteiger partial charge in [0.25, 0.3) is 0 Å². The zero-order valence-corrected chi connectivity index (χ0v) is 11.4. The van der Waals surface area contributed by atoms with Gasteiger partial charge in [0.05, 0.1) is 17.9 Å². The van der Waals surface area contributed by atoms with Crippen molar-refractivity contribution in [1.82, 2.24) is 4.90 Å². The van der Waals surface area contributed by atoms with Gasteiger partial charge in [-0.25, -0.2) is 0 Å². The molecule has 5 nitrogen and oxygen atoms in total. The number of nitrogens with zero attached hydrogens (tertiary/aromatic N) is 1. The highest BCUT2D eigenvalue weighted by Crippen LogP contribution is 2.60. The van der Waals surface area contributed by atoms with Crippen molar-refractivity contribution < 1.29 is 19.8 Å². The van der Waals surface area contributed by atoms with Crippen LogP contribution in [0.25, 0.3) is 0 Å². The Hall–Kier alpha value is -1.10. The lowest BCUT2D eigenvalue weighted by Crippen LogP contribution is -2.49. The van der Waals surface area contributed by atoms with Gasteiger partial charge in [-0.15, -0.1) is 0 Å². The summed E-state index contributed by atoms with van der Waals surface area (Å²) in [5.41, 5.74) is -0.432. The molecule has 0 aromatic heterocycles. The van der Waals surface area contributed by atoms with Gasteiger partial charge >= 0.3 is 5.97 Å². The first kappa shape index (κ1) is 12.9. The number of hydrogen-bond donors (Lipinski definition) is 2. The Bertz CT molecular complexity index is 419. The number of carbonyl (C=O) groups is 2. The third kappa shape index (κ3) is 1.78. The molecule has 106 valence electrons. The van der Waals surface area contributed by atoms with Crippen LogP contribution in [0.3, 0.4) is 0 Å². The number of rotatable bonds is 2. The predicted molar refractivity (Wildman–Crippen MR) is 67.3 cm³/mol. The lowest BCUT2D eigenvalue weighted by Gasteiger charge is -2.37. The third-order valence-corrected chi connectivity index (χ3v) is 5.32. The van der Waals surface area contributed by atoms with Gasteiger partial charge in [0, 0.05) is 12.1 Å². The quantitative estimate of drug-likeness (QED) is 0.778. The first-order valence-electron chi connectivity index (χ1n) is 7.07. The van der Waals surface area contributed by atoms with Crippen LogP contribution in [0.4, 0.5) is 0 Å². The molecule has 5 heteroatoms. The van der Waals surface area contributed by atoms with E-state index in [0.717, 1.165) is 12.8 Å². The van der Waals surface area contributed by atoms with Gasteiger partial charge in [-0.1, -0.05) is 13.8 Å². The summed E-state index contributed by atoms with van der Waals surface area (Å²) in [5.74, 6) is -1.81. The molecule has 4 unspecified atom stereocenters. The molecular weight excluding hydrogens is 246 g/mol. The van der Waals surface area contributed by atoms with Crippen LogP contribution in [0.1, 0.15) is 39.5 Å². The maximum Gasteiger partial charge on any atom is 0.307 e. The van der Waals surface area contributed by atoms with E-state index in [4.69, 9.17) is 0 Å². The highest BCUT2D eigenvalue weighted by atomic mass is 16.4. The molecule has 0 spiro atoms. The van der Waals surface area contributed by atoms with Crippen LogP contribution in [0.2, 0.25) is 0 Å². The minimum atomic E-state index is -0.868. The largest absolute Gasteiger partial charge is 0.481 e. The molecule has 3 rings (SSSR count). The van der Waals surface area contributed by atoms with E-state index in [0.29, 0.717) is 12.8 Å². The van der Waals surface area contributed by atoms with E-state index in [1.54, 1.807) is 0 Å². The van der Waals surface area contributed by atoms with Crippen LogP contribution in [0, 0.1) is 17.3 Å². The lowest BCUT2D eigenvalue weighted by atomic mass is 9.98. The number of fused-ring (bicyclic) bond motifs is 2. The van der Waals surface area contributed by atoms with Crippen LogP contribution in [0.15, 0.2) is 0 Å². The Morgan fingerprint density at radius 3 is 2.05 bits per heavy atom. The fourth-order valence-electron chi connectivity index (χ4n) is 4.23. The van der Waals surface area contributed by atoms with Gasteiger partial charge in [-0.2, -0.15) is 0 Å². The second-order valence-corrected chi connectivity index (χ2v) is 6.87. The molecule has 4 atom stereocenters. The van der Waals surface area contributed by atoms with Crippen LogP contribution in [-0.2, 0) is 9.59 Å². The molecule has 0 radical (unpaired) electrons. The second-order valence-electron chi connectivity index (χ2n) is 6.87. The number of carbonyl (C=O) groups excluding carboxylic acids is 1. The zero-order valence-electron chi connectivity index (χ0n) is 11.4. The Morgan fingerprint density at radius 1 is 1.11 bits per heavy atom. The number of piperidine rings is 1. The summed E-state index contributed by atoms with van der Waals surface area (Å²) in [6, 6.07) is 0.235. The highest BCUT2D eigenvalue weighted by Gasteiger charge is 2.67. The van der Waals surface area contributed by atoms with E-state index in [1.165, 1.54) is 0 Å². The smallest absolute Gasteiger partial charge is 0.307 e. The van der Waals surface area contributed by atoms with Gasteiger partial charge in [0.1, 0.15) is 0 Å². The number of aliphatic carboxylic acids is 1. The minimum Gasteiger partial charge on any atom is -0.481 e. The van der Waals surface area contributed by atoms with Crippen molar-refractivity contribution in [3.05, 3.63) is 0 Å². The molecular formula is C14H21NO4. The maximum atomic E-state index is 12.6. The van der Waals surface area contributed by atoms with Crippen molar-refractivity contribution in [2.45, 2.75) is 57.7 Å². The summed E-state index contributed by atoms with van der Waals surface area (Å²) in [4.78, 5) is 25.7. The van der Waals surface area contributed by atoms with Gasteiger partial charge in [-0.05, 0) is 31.1 Å². The molecule has 2 N–H and O–H groups in total. The van der Waals surface area contributed by atoms with E-state index < -0.39 is 17.3 Å². The summed E-state index contributed by atoms with van der Waals surface area (Å²) in [5, 5.41) is 18.9. The molecule has 2 saturated heterocycles. The number of aliphatic hydroxyl groups is 1. The van der Waals surface area contributed by atoms with Crippen molar-refractivity contribution >= 4 is 11.9 Å². The fourth-order valence-corrected chi connectivity index (χ4v) is 4.23. The van der Waals surface area contributed by atoms with Gasteiger partial charge in [-0.3, -0.25) is 9.59 Å². The van der Waals surface area contributed by atoms with Gasteiger partial charge < -0.3 is 15.1 Å². The summed E-state index contributed by atoms with van der Waals surface area (Å²) in [6.45, 7) is 3.71. The fraction of sp³-hybridized carbons (Fsp3) is 0.857. The van der Waals surface area contributed by atoms with Crippen LogP contribution in [-0.4, -0.2) is 45.2 Å². The molecule has 0 aromatic rings. The summed E-state index contributed by atoms with van der Waals surface area (Å²) in [6.07, 6.45) is 2.88. The molecule has 2 heterocycles. The summed E-state index contributed by atoms with van der Waals surface area (Å²) >= 11 is 0. The Morgan fingerprint density at radius 2 is 1.63 bits per heavy atom. The van der Waals surface area contributed by atoms with Crippen molar-refractivity contribution in [3.8, 4) is 0 Å². The van der Waals surface area contributed by atoms with Crippen LogP contribution in [0.5, 0.6) is 0 Å². The molecule has 3 aliphatic rings. The first-order valence-corrected chi connectivity index (χ1v) is 7.07.